The van der Waals surface area contributed by atoms with E-state index in [1.54, 1.807) is 4.90 Å². The van der Waals surface area contributed by atoms with E-state index >= 15 is 0 Å². The van der Waals surface area contributed by atoms with Gasteiger partial charge >= 0.3 is 6.18 Å². The Kier molecular flexibility index (Phi) is 4.18. The van der Waals surface area contributed by atoms with Crippen molar-refractivity contribution in [3.8, 4) is 11.4 Å². The topological polar surface area (TPSA) is 69.0 Å². The molecule has 1 aliphatic carbocycles. The van der Waals surface area contributed by atoms with Gasteiger partial charge in [0, 0.05) is 30.3 Å². The van der Waals surface area contributed by atoms with Gasteiger partial charge in [0.25, 0.3) is 0 Å². The molecule has 1 fully saturated rings. The maximum Gasteiger partial charge on any atom is 0.416 e. The van der Waals surface area contributed by atoms with Gasteiger partial charge < -0.3 is 14.2 Å². The highest BCUT2D eigenvalue weighted by Gasteiger charge is 2.39. The Bertz CT molecular complexity index is 1320. The molecule has 3 aromatic heterocycles. The molecule has 0 radical (unpaired) electrons. The maximum absolute atomic E-state index is 13.7. The minimum atomic E-state index is -4.47. The number of alkyl halides is 4. The zero-order valence-electron chi connectivity index (χ0n) is 17.9. The minimum absolute atomic E-state index is 0.0443. The maximum atomic E-state index is 13.7. The van der Waals surface area contributed by atoms with E-state index in [4.69, 9.17) is 14.7 Å². The lowest BCUT2D eigenvalue weighted by atomic mass is 10.1. The molecular weight excluding hydrogens is 440 g/mol. The van der Waals surface area contributed by atoms with Crippen LogP contribution in [0.1, 0.15) is 30.9 Å². The summed E-state index contributed by atoms with van der Waals surface area (Å²) in [6, 6.07) is 1.44. The number of rotatable bonds is 2. The number of pyridine rings is 1. The van der Waals surface area contributed by atoms with Gasteiger partial charge in [-0.25, -0.2) is 19.3 Å². The molecule has 0 bridgehead atoms. The highest BCUT2D eigenvalue weighted by atomic mass is 19.4. The fraction of sp³-hybridized carbons (Fsp3) is 0.455. The van der Waals surface area contributed by atoms with Crippen molar-refractivity contribution in [3.05, 3.63) is 35.4 Å². The van der Waals surface area contributed by atoms with Crippen LogP contribution in [0.25, 0.3) is 28.1 Å². The first-order valence-electron chi connectivity index (χ1n) is 10.7. The molecule has 6 rings (SSSR count). The second-order valence-electron chi connectivity index (χ2n) is 9.03. The van der Waals surface area contributed by atoms with Gasteiger partial charge in [0.05, 0.1) is 31.0 Å². The number of anilines is 1. The van der Waals surface area contributed by atoms with Crippen molar-refractivity contribution in [1.82, 2.24) is 24.5 Å². The normalized spacial score (nSPS) is 19.9. The Morgan fingerprint density at radius 1 is 1.15 bits per heavy atom. The third kappa shape index (κ3) is 3.12. The number of aromatic nitrogens is 5. The van der Waals surface area contributed by atoms with E-state index in [1.807, 2.05) is 18.4 Å². The summed E-state index contributed by atoms with van der Waals surface area (Å²) < 4.78 is 61.9. The largest absolute Gasteiger partial charge is 0.416 e. The Labute approximate surface area is 186 Å². The number of fused-ring (bicyclic) bond motifs is 4. The first-order valence-corrected chi connectivity index (χ1v) is 10.7. The fourth-order valence-corrected chi connectivity index (χ4v) is 4.65. The van der Waals surface area contributed by atoms with E-state index in [2.05, 4.69) is 9.97 Å². The molecule has 0 N–H and O–H groups in total. The summed E-state index contributed by atoms with van der Waals surface area (Å²) >= 11 is 0. The molecule has 7 nitrogen and oxygen atoms in total. The van der Waals surface area contributed by atoms with Crippen molar-refractivity contribution in [2.45, 2.75) is 44.8 Å². The molecular formula is C22H20F4N6O. The van der Waals surface area contributed by atoms with Crippen LogP contribution >= 0.6 is 0 Å². The van der Waals surface area contributed by atoms with Gasteiger partial charge in [-0.05, 0) is 19.9 Å². The number of ether oxygens (including phenoxy) is 1. The highest BCUT2D eigenvalue weighted by Crippen LogP contribution is 2.41. The van der Waals surface area contributed by atoms with E-state index in [0.717, 1.165) is 6.08 Å². The number of halogens is 4. The predicted molar refractivity (Wildman–Crippen MR) is 112 cm³/mol. The summed E-state index contributed by atoms with van der Waals surface area (Å²) in [6.45, 7) is 5.17. The SMILES string of the molecule is CC1(C)OCCn2c1nc1c(N3CC(F)C3)nc(-c3cnc4c(c3)C(C(F)(F)F)=CC4)nc12. The Morgan fingerprint density at radius 3 is 2.67 bits per heavy atom. The zero-order chi connectivity index (χ0) is 23.1. The van der Waals surface area contributed by atoms with Crippen LogP contribution < -0.4 is 4.90 Å². The summed E-state index contributed by atoms with van der Waals surface area (Å²) in [6.07, 6.45) is -2.66. The third-order valence-corrected chi connectivity index (χ3v) is 6.35. The molecule has 0 amide bonds. The molecule has 1 saturated heterocycles. The molecule has 172 valence electrons. The van der Waals surface area contributed by atoms with Crippen LogP contribution in [-0.4, -0.2) is 56.5 Å². The average Bonchev–Trinajstić information content (AvgIpc) is 3.32. The van der Waals surface area contributed by atoms with E-state index < -0.39 is 23.5 Å². The van der Waals surface area contributed by atoms with Gasteiger partial charge in [-0.3, -0.25) is 4.98 Å². The molecule has 3 aromatic rings. The summed E-state index contributed by atoms with van der Waals surface area (Å²) in [5, 5.41) is 0. The first kappa shape index (κ1) is 20.5. The molecule has 2 aliphatic heterocycles. The summed E-state index contributed by atoms with van der Waals surface area (Å²) in [7, 11) is 0. The summed E-state index contributed by atoms with van der Waals surface area (Å²) in [4.78, 5) is 20.1. The lowest BCUT2D eigenvalue weighted by molar-refractivity contribution is -0.0688. The van der Waals surface area contributed by atoms with Crippen LogP contribution in [0.2, 0.25) is 0 Å². The zero-order valence-corrected chi connectivity index (χ0v) is 17.9. The number of hydrogen-bond donors (Lipinski definition) is 0. The number of hydrogen-bond acceptors (Lipinski definition) is 6. The van der Waals surface area contributed by atoms with Crippen molar-refractivity contribution in [2.24, 2.45) is 0 Å². The van der Waals surface area contributed by atoms with Crippen LogP contribution in [-0.2, 0) is 23.3 Å². The summed E-state index contributed by atoms with van der Waals surface area (Å²) in [5.41, 5.74) is 0.527. The van der Waals surface area contributed by atoms with Crippen LogP contribution in [0.4, 0.5) is 23.4 Å². The quantitative estimate of drug-likeness (QED) is 0.542. The van der Waals surface area contributed by atoms with E-state index in [1.165, 1.54) is 12.3 Å². The standard InChI is InChI=1S/C22H20F4N6O/c1-21(2)20-28-16-18(31-9-12(23)10-31)29-17(30-19(16)32(20)5-6-33-21)11-7-13-14(22(24,25)26)3-4-15(13)27-8-11/h3,7-8,12H,4-6,9-10H2,1-2H3. The minimum Gasteiger partial charge on any atom is -0.366 e. The lowest BCUT2D eigenvalue weighted by Crippen LogP contribution is -2.49. The molecule has 0 atom stereocenters. The Hall–Kier alpha value is -3.08. The molecule has 11 heteroatoms. The van der Waals surface area contributed by atoms with Crippen LogP contribution in [0.5, 0.6) is 0 Å². The summed E-state index contributed by atoms with van der Waals surface area (Å²) in [5.74, 6) is 1.38. The van der Waals surface area contributed by atoms with Crippen molar-refractivity contribution < 1.29 is 22.3 Å². The molecule has 3 aliphatic rings. The predicted octanol–water partition coefficient (Wildman–Crippen LogP) is 3.81. The van der Waals surface area contributed by atoms with Gasteiger partial charge in [-0.2, -0.15) is 13.2 Å². The van der Waals surface area contributed by atoms with Crippen molar-refractivity contribution >= 4 is 22.6 Å². The van der Waals surface area contributed by atoms with Gasteiger partial charge in [0.1, 0.15) is 17.6 Å². The first-order chi connectivity index (χ1) is 15.6. The molecule has 33 heavy (non-hydrogen) atoms. The van der Waals surface area contributed by atoms with Crippen molar-refractivity contribution in [3.63, 3.8) is 0 Å². The number of imidazole rings is 1. The molecule has 0 spiro atoms. The van der Waals surface area contributed by atoms with Crippen LogP contribution in [0, 0.1) is 0 Å². The van der Waals surface area contributed by atoms with E-state index in [0.29, 0.717) is 47.2 Å². The Morgan fingerprint density at radius 2 is 1.94 bits per heavy atom. The second-order valence-corrected chi connectivity index (χ2v) is 9.03. The highest BCUT2D eigenvalue weighted by molar-refractivity contribution is 5.87. The van der Waals surface area contributed by atoms with Gasteiger partial charge in [0.15, 0.2) is 22.8 Å². The molecule has 5 heterocycles. The van der Waals surface area contributed by atoms with Crippen LogP contribution in [0.3, 0.4) is 0 Å². The molecule has 0 saturated carbocycles. The fourth-order valence-electron chi connectivity index (χ4n) is 4.65. The Balaban J connectivity index is 1.54. The second kappa shape index (κ2) is 6.72. The van der Waals surface area contributed by atoms with Crippen molar-refractivity contribution in [2.75, 3.05) is 24.6 Å². The average molecular weight is 460 g/mol. The van der Waals surface area contributed by atoms with Crippen LogP contribution in [0.15, 0.2) is 18.3 Å². The smallest absolute Gasteiger partial charge is 0.366 e. The number of allylic oxidation sites excluding steroid dienone is 2. The van der Waals surface area contributed by atoms with Gasteiger partial charge in [-0.1, -0.05) is 6.08 Å². The monoisotopic (exact) mass is 460 g/mol. The lowest BCUT2D eigenvalue weighted by Gasteiger charge is -2.35. The molecule has 0 unspecified atom stereocenters. The van der Waals surface area contributed by atoms with E-state index in [9.17, 15) is 17.6 Å². The third-order valence-electron chi connectivity index (χ3n) is 6.35. The number of nitrogens with zero attached hydrogens (tertiary/aromatic N) is 6. The van der Waals surface area contributed by atoms with Gasteiger partial charge in [-0.15, -0.1) is 0 Å². The van der Waals surface area contributed by atoms with Crippen molar-refractivity contribution in [1.29, 1.82) is 0 Å². The molecule has 0 aromatic carbocycles. The van der Waals surface area contributed by atoms with Gasteiger partial charge in [0.2, 0.25) is 0 Å². The van der Waals surface area contributed by atoms with E-state index in [-0.39, 0.29) is 30.9 Å².